The van der Waals surface area contributed by atoms with Crippen molar-refractivity contribution >= 4 is 11.6 Å². The van der Waals surface area contributed by atoms with Crippen molar-refractivity contribution in [3.8, 4) is 11.5 Å². The first-order valence-corrected chi connectivity index (χ1v) is 7.57. The Bertz CT molecular complexity index is 817. The summed E-state index contributed by atoms with van der Waals surface area (Å²) in [6.07, 6.45) is -0.00502. The largest absolute Gasteiger partial charge is 0.457 e. The summed E-state index contributed by atoms with van der Waals surface area (Å²) >= 11 is 0. The molecule has 0 atom stereocenters. The van der Waals surface area contributed by atoms with Gasteiger partial charge < -0.3 is 10.1 Å². The lowest BCUT2D eigenvalue weighted by Gasteiger charge is -2.08. The maximum atomic E-state index is 13.6. The number of hydrogen-bond donors (Lipinski definition) is 1. The minimum absolute atomic E-state index is 0.00502. The van der Waals surface area contributed by atoms with E-state index in [1.165, 1.54) is 6.07 Å². The minimum Gasteiger partial charge on any atom is -0.457 e. The second kappa shape index (κ2) is 7.42. The van der Waals surface area contributed by atoms with Crippen molar-refractivity contribution in [3.63, 3.8) is 0 Å². The molecule has 0 saturated heterocycles. The van der Waals surface area contributed by atoms with Gasteiger partial charge in [-0.3, -0.25) is 4.79 Å². The van der Waals surface area contributed by atoms with E-state index >= 15 is 0 Å². The SMILES string of the molecule is O=C(Cc1ccccc1F)Nc1ccc(Oc2ccccc2)cc1. The smallest absolute Gasteiger partial charge is 0.228 e. The molecule has 1 amide bonds. The van der Waals surface area contributed by atoms with Gasteiger partial charge in [-0.1, -0.05) is 36.4 Å². The lowest BCUT2D eigenvalue weighted by molar-refractivity contribution is -0.115. The Labute approximate surface area is 139 Å². The topological polar surface area (TPSA) is 38.3 Å². The van der Waals surface area contributed by atoms with Crippen LogP contribution >= 0.6 is 0 Å². The fraction of sp³-hybridized carbons (Fsp3) is 0.0500. The fourth-order valence-electron chi connectivity index (χ4n) is 2.25. The number of anilines is 1. The Morgan fingerprint density at radius 3 is 2.17 bits per heavy atom. The summed E-state index contributed by atoms with van der Waals surface area (Å²) < 4.78 is 19.2. The normalized spacial score (nSPS) is 10.2. The van der Waals surface area contributed by atoms with Crippen LogP contribution in [0.1, 0.15) is 5.56 Å². The molecule has 3 aromatic carbocycles. The number of nitrogens with one attached hydrogen (secondary N) is 1. The Balaban J connectivity index is 1.60. The predicted molar refractivity (Wildman–Crippen MR) is 91.7 cm³/mol. The molecule has 0 radical (unpaired) electrons. The molecule has 0 aliphatic carbocycles. The highest BCUT2D eigenvalue weighted by Crippen LogP contribution is 2.22. The number of para-hydroxylation sites is 1. The zero-order chi connectivity index (χ0) is 16.8. The molecular weight excluding hydrogens is 305 g/mol. The lowest BCUT2D eigenvalue weighted by atomic mass is 10.1. The van der Waals surface area contributed by atoms with E-state index in [1.54, 1.807) is 42.5 Å². The summed E-state index contributed by atoms with van der Waals surface area (Å²) in [5, 5.41) is 2.75. The van der Waals surface area contributed by atoms with Crippen LogP contribution in [0.3, 0.4) is 0 Å². The third-order valence-corrected chi connectivity index (χ3v) is 3.43. The number of rotatable bonds is 5. The van der Waals surface area contributed by atoms with Gasteiger partial charge in [-0.15, -0.1) is 0 Å². The number of ether oxygens (including phenoxy) is 1. The number of benzene rings is 3. The van der Waals surface area contributed by atoms with Gasteiger partial charge in [-0.25, -0.2) is 4.39 Å². The zero-order valence-corrected chi connectivity index (χ0v) is 12.9. The Morgan fingerprint density at radius 2 is 1.46 bits per heavy atom. The Kier molecular flexibility index (Phi) is 4.87. The minimum atomic E-state index is -0.376. The first-order chi connectivity index (χ1) is 11.7. The standard InChI is InChI=1S/C20H16FNO2/c21-19-9-5-4-6-15(19)14-20(23)22-16-10-12-18(13-11-16)24-17-7-2-1-3-8-17/h1-13H,14H2,(H,22,23). The van der Waals surface area contributed by atoms with Gasteiger partial charge in [0.2, 0.25) is 5.91 Å². The fourth-order valence-corrected chi connectivity index (χ4v) is 2.25. The van der Waals surface area contributed by atoms with Crippen LogP contribution in [-0.2, 0) is 11.2 Å². The molecule has 120 valence electrons. The van der Waals surface area contributed by atoms with E-state index in [0.717, 1.165) is 5.75 Å². The van der Waals surface area contributed by atoms with E-state index < -0.39 is 0 Å². The summed E-state index contributed by atoms with van der Waals surface area (Å²) in [7, 11) is 0. The molecule has 0 aromatic heterocycles. The number of hydrogen-bond acceptors (Lipinski definition) is 2. The van der Waals surface area contributed by atoms with Crippen LogP contribution in [-0.4, -0.2) is 5.91 Å². The van der Waals surface area contributed by atoms with Crippen LogP contribution in [0.15, 0.2) is 78.9 Å². The molecule has 3 aromatic rings. The van der Waals surface area contributed by atoms with Crippen molar-refractivity contribution < 1.29 is 13.9 Å². The van der Waals surface area contributed by atoms with Gasteiger partial charge in [-0.05, 0) is 48.0 Å². The second-order valence-corrected chi connectivity index (χ2v) is 5.26. The van der Waals surface area contributed by atoms with Gasteiger partial charge >= 0.3 is 0 Å². The highest BCUT2D eigenvalue weighted by Gasteiger charge is 2.08. The molecule has 0 aliphatic heterocycles. The molecular formula is C20H16FNO2. The molecule has 3 rings (SSSR count). The first-order valence-electron chi connectivity index (χ1n) is 7.57. The van der Waals surface area contributed by atoms with E-state index in [2.05, 4.69) is 5.32 Å². The summed E-state index contributed by atoms with van der Waals surface area (Å²) in [5.74, 6) is 0.776. The molecule has 0 unspecified atom stereocenters. The van der Waals surface area contributed by atoms with Crippen LogP contribution in [0.4, 0.5) is 10.1 Å². The van der Waals surface area contributed by atoms with Gasteiger partial charge in [0.05, 0.1) is 6.42 Å². The van der Waals surface area contributed by atoms with Crippen molar-refractivity contribution in [2.75, 3.05) is 5.32 Å². The van der Waals surface area contributed by atoms with Gasteiger partial charge in [0.15, 0.2) is 0 Å². The zero-order valence-electron chi connectivity index (χ0n) is 12.9. The Morgan fingerprint density at radius 1 is 0.833 bits per heavy atom. The van der Waals surface area contributed by atoms with Crippen molar-refractivity contribution in [2.24, 2.45) is 0 Å². The lowest BCUT2D eigenvalue weighted by Crippen LogP contribution is -2.15. The molecule has 1 N–H and O–H groups in total. The van der Waals surface area contributed by atoms with Crippen LogP contribution in [0.5, 0.6) is 11.5 Å². The van der Waals surface area contributed by atoms with E-state index in [1.807, 2.05) is 30.3 Å². The van der Waals surface area contributed by atoms with Gasteiger partial charge in [0.25, 0.3) is 0 Å². The molecule has 0 bridgehead atoms. The van der Waals surface area contributed by atoms with Crippen molar-refractivity contribution in [3.05, 3.63) is 90.2 Å². The Hall–Kier alpha value is -3.14. The third kappa shape index (κ3) is 4.20. The quantitative estimate of drug-likeness (QED) is 0.733. The molecule has 0 aliphatic rings. The van der Waals surface area contributed by atoms with Crippen molar-refractivity contribution in [1.82, 2.24) is 0 Å². The number of carbonyl (C=O) groups is 1. The second-order valence-electron chi connectivity index (χ2n) is 5.26. The molecule has 0 saturated carbocycles. The average molecular weight is 321 g/mol. The van der Waals surface area contributed by atoms with Crippen molar-refractivity contribution in [1.29, 1.82) is 0 Å². The maximum Gasteiger partial charge on any atom is 0.228 e. The maximum absolute atomic E-state index is 13.6. The van der Waals surface area contributed by atoms with E-state index in [0.29, 0.717) is 17.0 Å². The van der Waals surface area contributed by atoms with Gasteiger partial charge in [0.1, 0.15) is 17.3 Å². The number of halogens is 1. The number of amides is 1. The molecule has 4 heteroatoms. The first kappa shape index (κ1) is 15.7. The van der Waals surface area contributed by atoms with Crippen LogP contribution < -0.4 is 10.1 Å². The molecule has 0 heterocycles. The highest BCUT2D eigenvalue weighted by molar-refractivity contribution is 5.92. The predicted octanol–water partition coefficient (Wildman–Crippen LogP) is 4.80. The van der Waals surface area contributed by atoms with Crippen LogP contribution in [0.2, 0.25) is 0 Å². The summed E-state index contributed by atoms with van der Waals surface area (Å²) in [6.45, 7) is 0. The van der Waals surface area contributed by atoms with Crippen LogP contribution in [0.25, 0.3) is 0 Å². The summed E-state index contributed by atoms with van der Waals surface area (Å²) in [5.41, 5.74) is 1.01. The van der Waals surface area contributed by atoms with Crippen LogP contribution in [0, 0.1) is 5.82 Å². The van der Waals surface area contributed by atoms with Crippen molar-refractivity contribution in [2.45, 2.75) is 6.42 Å². The van der Waals surface area contributed by atoms with E-state index in [4.69, 9.17) is 4.74 Å². The summed E-state index contributed by atoms with van der Waals surface area (Å²) in [4.78, 5) is 12.0. The third-order valence-electron chi connectivity index (χ3n) is 3.43. The number of carbonyl (C=O) groups excluding carboxylic acids is 1. The molecule has 3 nitrogen and oxygen atoms in total. The summed E-state index contributed by atoms with van der Waals surface area (Å²) in [6, 6.07) is 22.7. The molecule has 0 fully saturated rings. The molecule has 0 spiro atoms. The van der Waals surface area contributed by atoms with E-state index in [9.17, 15) is 9.18 Å². The highest BCUT2D eigenvalue weighted by atomic mass is 19.1. The van der Waals surface area contributed by atoms with Gasteiger partial charge in [0, 0.05) is 5.69 Å². The van der Waals surface area contributed by atoms with E-state index in [-0.39, 0.29) is 18.1 Å². The van der Waals surface area contributed by atoms with Gasteiger partial charge in [-0.2, -0.15) is 0 Å². The monoisotopic (exact) mass is 321 g/mol. The molecule has 24 heavy (non-hydrogen) atoms. The average Bonchev–Trinajstić information content (AvgIpc) is 2.60.